The number of nitriles is 1. The summed E-state index contributed by atoms with van der Waals surface area (Å²) >= 11 is 2.67. The third-order valence-electron chi connectivity index (χ3n) is 3.77. The molecule has 0 spiro atoms. The monoisotopic (exact) mass is 397 g/mol. The zero-order valence-corrected chi connectivity index (χ0v) is 16.9. The van der Waals surface area contributed by atoms with Crippen LogP contribution in [0.2, 0.25) is 0 Å². The number of nitrogens with one attached hydrogen (secondary N) is 2. The lowest BCUT2D eigenvalue weighted by Gasteiger charge is -2.01. The van der Waals surface area contributed by atoms with Gasteiger partial charge in [-0.25, -0.2) is 0 Å². The number of aromatic nitrogens is 3. The standard InChI is InChI=1S/C19H19N5OS2/c1-11(2)10-26-19-23-18(27-24-19)22-17(25)13(9-20)8-15-12(3)21-16-7-5-4-6-14(15)16/h4-8,11,21H,10H2,1-3H3,(H,22,23,24,25)/b13-8-. The van der Waals surface area contributed by atoms with Gasteiger partial charge in [0.1, 0.15) is 11.6 Å². The van der Waals surface area contributed by atoms with Crippen molar-refractivity contribution >= 4 is 51.3 Å². The van der Waals surface area contributed by atoms with E-state index in [0.29, 0.717) is 16.2 Å². The Bertz CT molecular complexity index is 1040. The number of carbonyl (C=O) groups is 1. The lowest BCUT2D eigenvalue weighted by Crippen LogP contribution is -2.13. The number of aromatic amines is 1. The molecule has 8 heteroatoms. The van der Waals surface area contributed by atoms with E-state index in [0.717, 1.165) is 39.4 Å². The zero-order chi connectivity index (χ0) is 19.4. The lowest BCUT2D eigenvalue weighted by atomic mass is 10.1. The number of hydrogen-bond acceptors (Lipinski definition) is 6. The molecular weight excluding hydrogens is 378 g/mol. The third kappa shape index (κ3) is 4.56. The predicted molar refractivity (Wildman–Crippen MR) is 111 cm³/mol. The summed E-state index contributed by atoms with van der Waals surface area (Å²) in [6, 6.07) is 9.77. The number of anilines is 1. The smallest absolute Gasteiger partial charge is 0.268 e. The second kappa shape index (κ2) is 8.37. The van der Waals surface area contributed by atoms with Crippen LogP contribution in [0.3, 0.4) is 0 Å². The molecule has 0 fully saturated rings. The Labute approximate surface area is 165 Å². The molecule has 0 saturated carbocycles. The quantitative estimate of drug-likeness (QED) is 0.359. The van der Waals surface area contributed by atoms with Crippen molar-refractivity contribution in [2.45, 2.75) is 25.9 Å². The molecular formula is C19H19N5OS2. The van der Waals surface area contributed by atoms with Crippen LogP contribution in [-0.4, -0.2) is 26.0 Å². The molecule has 6 nitrogen and oxygen atoms in total. The first-order valence-corrected chi connectivity index (χ1v) is 10.2. The molecule has 0 atom stereocenters. The number of benzene rings is 1. The fourth-order valence-corrected chi connectivity index (χ4v) is 3.99. The minimum absolute atomic E-state index is 0.0226. The number of amides is 1. The number of nitrogens with zero attached hydrogens (tertiary/aromatic N) is 3. The highest BCUT2D eigenvalue weighted by Gasteiger charge is 2.15. The van der Waals surface area contributed by atoms with E-state index in [1.807, 2.05) is 37.3 Å². The van der Waals surface area contributed by atoms with Crippen molar-refractivity contribution in [3.8, 4) is 6.07 Å². The van der Waals surface area contributed by atoms with Crippen molar-refractivity contribution in [2.75, 3.05) is 11.1 Å². The molecule has 3 rings (SSSR count). The van der Waals surface area contributed by atoms with E-state index < -0.39 is 5.91 Å². The van der Waals surface area contributed by atoms with Crippen LogP contribution in [-0.2, 0) is 4.79 Å². The maximum absolute atomic E-state index is 12.5. The van der Waals surface area contributed by atoms with Crippen LogP contribution < -0.4 is 5.32 Å². The van der Waals surface area contributed by atoms with E-state index in [4.69, 9.17) is 0 Å². The molecule has 0 saturated heterocycles. The molecule has 2 heterocycles. The van der Waals surface area contributed by atoms with Gasteiger partial charge in [0.05, 0.1) is 0 Å². The van der Waals surface area contributed by atoms with E-state index in [9.17, 15) is 10.1 Å². The Hall–Kier alpha value is -2.63. The van der Waals surface area contributed by atoms with Crippen molar-refractivity contribution in [1.29, 1.82) is 5.26 Å². The van der Waals surface area contributed by atoms with Gasteiger partial charge in [0.15, 0.2) is 0 Å². The van der Waals surface area contributed by atoms with Gasteiger partial charge in [-0.15, -0.1) is 0 Å². The summed E-state index contributed by atoms with van der Waals surface area (Å²) in [6.45, 7) is 6.17. The first-order valence-electron chi connectivity index (χ1n) is 8.45. The van der Waals surface area contributed by atoms with Gasteiger partial charge in [-0.2, -0.15) is 14.6 Å². The van der Waals surface area contributed by atoms with Crippen molar-refractivity contribution in [2.24, 2.45) is 5.92 Å². The fourth-order valence-electron chi connectivity index (χ4n) is 2.50. The van der Waals surface area contributed by atoms with Crippen LogP contribution in [0.1, 0.15) is 25.1 Å². The van der Waals surface area contributed by atoms with E-state index in [-0.39, 0.29) is 5.57 Å². The van der Waals surface area contributed by atoms with E-state index >= 15 is 0 Å². The van der Waals surface area contributed by atoms with Crippen molar-refractivity contribution in [3.05, 3.63) is 41.1 Å². The SMILES string of the molecule is Cc1[nH]c2ccccc2c1/C=C(/C#N)C(=O)Nc1nc(SCC(C)C)ns1. The van der Waals surface area contributed by atoms with Crippen LogP contribution in [0.15, 0.2) is 35.0 Å². The highest BCUT2D eigenvalue weighted by atomic mass is 32.2. The molecule has 1 aromatic carbocycles. The molecule has 138 valence electrons. The van der Waals surface area contributed by atoms with Crippen molar-refractivity contribution in [1.82, 2.24) is 14.3 Å². The van der Waals surface area contributed by atoms with Gasteiger partial charge in [0, 0.05) is 39.4 Å². The largest absolute Gasteiger partial charge is 0.358 e. The average Bonchev–Trinajstić information content (AvgIpc) is 3.21. The number of hydrogen-bond donors (Lipinski definition) is 2. The highest BCUT2D eigenvalue weighted by molar-refractivity contribution is 7.99. The Morgan fingerprint density at radius 3 is 2.96 bits per heavy atom. The first kappa shape index (κ1) is 19.1. The van der Waals surface area contributed by atoms with Crippen LogP contribution in [0, 0.1) is 24.2 Å². The normalized spacial score (nSPS) is 11.7. The molecule has 0 aliphatic carbocycles. The Morgan fingerprint density at radius 2 is 2.22 bits per heavy atom. The third-order valence-corrected chi connectivity index (χ3v) is 5.79. The van der Waals surface area contributed by atoms with Crippen molar-refractivity contribution in [3.63, 3.8) is 0 Å². The molecule has 2 aromatic heterocycles. The summed E-state index contributed by atoms with van der Waals surface area (Å²) in [7, 11) is 0. The van der Waals surface area contributed by atoms with Crippen LogP contribution in [0.5, 0.6) is 0 Å². The maximum atomic E-state index is 12.5. The lowest BCUT2D eigenvalue weighted by molar-refractivity contribution is -0.112. The maximum Gasteiger partial charge on any atom is 0.268 e. The molecule has 0 radical (unpaired) electrons. The fraction of sp³-hybridized carbons (Fsp3) is 0.263. The van der Waals surface area contributed by atoms with Crippen LogP contribution in [0.4, 0.5) is 5.13 Å². The molecule has 0 unspecified atom stereocenters. The van der Waals surface area contributed by atoms with E-state index in [1.54, 1.807) is 17.8 Å². The first-order chi connectivity index (χ1) is 13.0. The van der Waals surface area contributed by atoms with Gasteiger partial charge in [0.2, 0.25) is 10.3 Å². The summed E-state index contributed by atoms with van der Waals surface area (Å²) in [4.78, 5) is 20.1. The van der Waals surface area contributed by atoms with Gasteiger partial charge in [-0.05, 0) is 25.0 Å². The number of fused-ring (bicyclic) bond motifs is 1. The summed E-state index contributed by atoms with van der Waals surface area (Å²) in [5, 5.41) is 14.1. The Morgan fingerprint density at radius 1 is 1.44 bits per heavy atom. The minimum atomic E-state index is -0.487. The average molecular weight is 398 g/mol. The molecule has 0 aliphatic heterocycles. The van der Waals surface area contributed by atoms with Crippen LogP contribution >= 0.6 is 23.3 Å². The Kier molecular flexibility index (Phi) is 5.94. The second-order valence-corrected chi connectivity index (χ2v) is 8.16. The van der Waals surface area contributed by atoms with Gasteiger partial charge < -0.3 is 4.98 Å². The summed E-state index contributed by atoms with van der Waals surface area (Å²) in [5.41, 5.74) is 2.73. The van der Waals surface area contributed by atoms with Gasteiger partial charge in [-0.3, -0.25) is 10.1 Å². The highest BCUT2D eigenvalue weighted by Crippen LogP contribution is 2.25. The van der Waals surface area contributed by atoms with E-state index in [2.05, 4.69) is 33.5 Å². The number of H-pyrrole nitrogens is 1. The number of para-hydroxylation sites is 1. The predicted octanol–water partition coefficient (Wildman–Crippen LogP) is 4.62. The molecule has 1 amide bonds. The van der Waals surface area contributed by atoms with Crippen molar-refractivity contribution < 1.29 is 4.79 Å². The molecule has 2 N–H and O–H groups in total. The summed E-state index contributed by atoms with van der Waals surface area (Å²) in [6.07, 6.45) is 1.61. The van der Waals surface area contributed by atoms with Gasteiger partial charge >= 0.3 is 0 Å². The number of rotatable bonds is 6. The molecule has 0 aliphatic rings. The molecule has 27 heavy (non-hydrogen) atoms. The second-order valence-electron chi connectivity index (χ2n) is 6.42. The van der Waals surface area contributed by atoms with Crippen LogP contribution in [0.25, 0.3) is 17.0 Å². The zero-order valence-electron chi connectivity index (χ0n) is 15.2. The van der Waals surface area contributed by atoms with Gasteiger partial charge in [0.25, 0.3) is 5.91 Å². The minimum Gasteiger partial charge on any atom is -0.358 e. The summed E-state index contributed by atoms with van der Waals surface area (Å²) in [5.74, 6) is 0.954. The molecule has 0 bridgehead atoms. The van der Waals surface area contributed by atoms with Gasteiger partial charge in [-0.1, -0.05) is 43.8 Å². The number of thioether (sulfide) groups is 1. The molecule has 3 aromatic rings. The Balaban J connectivity index is 1.79. The number of carbonyl (C=O) groups excluding carboxylic acids is 1. The summed E-state index contributed by atoms with van der Waals surface area (Å²) < 4.78 is 4.23. The van der Waals surface area contributed by atoms with E-state index in [1.165, 1.54) is 0 Å². The topological polar surface area (TPSA) is 94.5 Å². The number of aryl methyl sites for hydroxylation is 1.